The number of hydrogen-bond acceptors (Lipinski definition) is 2. The number of hydrogen-bond donors (Lipinski definition) is 0. The summed E-state index contributed by atoms with van der Waals surface area (Å²) >= 11 is 0. The highest BCUT2D eigenvalue weighted by molar-refractivity contribution is 5.87. The Hall–Kier alpha value is -1.54. The minimum absolute atomic E-state index is 0.381. The average molecular weight is 366 g/mol. The van der Waals surface area contributed by atoms with Crippen molar-refractivity contribution in [3.05, 3.63) is 41.5 Å². The largest absolute Gasteiger partial charge is 0.490 e. The quantitative estimate of drug-likeness (QED) is 0.627. The number of aryl methyl sites for hydroxylation is 1. The molecule has 2 nitrogen and oxygen atoms in total. The predicted molar refractivity (Wildman–Crippen MR) is 114 cm³/mol. The average Bonchev–Trinajstić information content (AvgIpc) is 2.58. The van der Waals surface area contributed by atoms with Gasteiger partial charge in [0.1, 0.15) is 5.75 Å². The molecular weight excluding hydrogens is 330 g/mol. The zero-order chi connectivity index (χ0) is 19.0. The molecule has 146 valence electrons. The third-order valence-electron chi connectivity index (χ3n) is 6.76. The lowest BCUT2D eigenvalue weighted by molar-refractivity contribution is 0.0883. The van der Waals surface area contributed by atoms with Gasteiger partial charge >= 0.3 is 0 Å². The zero-order valence-corrected chi connectivity index (χ0v) is 17.6. The van der Waals surface area contributed by atoms with Crippen molar-refractivity contribution in [2.45, 2.75) is 72.4 Å². The lowest BCUT2D eigenvalue weighted by Crippen LogP contribution is -2.36. The van der Waals surface area contributed by atoms with Gasteiger partial charge in [0.25, 0.3) is 0 Å². The maximum absolute atomic E-state index is 6.42. The summed E-state index contributed by atoms with van der Waals surface area (Å²) in [6.07, 6.45) is 6.69. The second-order valence-corrected chi connectivity index (χ2v) is 9.88. The summed E-state index contributed by atoms with van der Waals surface area (Å²) in [5.74, 6) is 1.88. The molecule has 2 heteroatoms. The lowest BCUT2D eigenvalue weighted by Gasteiger charge is -2.37. The fraction of sp³-hybridized carbons (Fsp3) is 0.600. The van der Waals surface area contributed by atoms with Crippen molar-refractivity contribution in [2.24, 2.45) is 11.3 Å². The van der Waals surface area contributed by atoms with Crippen molar-refractivity contribution in [3.63, 3.8) is 0 Å². The Morgan fingerprint density at radius 3 is 2.37 bits per heavy atom. The lowest BCUT2D eigenvalue weighted by atomic mass is 9.72. The normalized spacial score (nSPS) is 24.0. The van der Waals surface area contributed by atoms with Crippen LogP contribution in [0.15, 0.2) is 30.3 Å². The van der Waals surface area contributed by atoms with Crippen LogP contribution in [0.4, 0.5) is 0 Å². The van der Waals surface area contributed by atoms with E-state index in [1.807, 2.05) is 0 Å². The number of likely N-dealkylation sites (tertiary alicyclic amines) is 1. The van der Waals surface area contributed by atoms with Gasteiger partial charge in [-0.1, -0.05) is 32.9 Å². The first kappa shape index (κ1) is 18.8. The van der Waals surface area contributed by atoms with Gasteiger partial charge in [-0.25, -0.2) is 0 Å². The summed E-state index contributed by atoms with van der Waals surface area (Å²) in [7, 11) is 0. The molecule has 1 aliphatic heterocycles. The van der Waals surface area contributed by atoms with Crippen LogP contribution in [0.1, 0.15) is 64.0 Å². The molecule has 1 heterocycles. The molecule has 0 amide bonds. The molecule has 0 atom stereocenters. The first-order chi connectivity index (χ1) is 12.9. The third-order valence-corrected chi connectivity index (χ3v) is 6.76. The van der Waals surface area contributed by atoms with E-state index in [2.05, 4.69) is 62.9 Å². The predicted octanol–water partition coefficient (Wildman–Crippen LogP) is 6.34. The maximum atomic E-state index is 6.42. The molecule has 1 saturated heterocycles. The van der Waals surface area contributed by atoms with E-state index in [0.29, 0.717) is 11.5 Å². The molecule has 2 aromatic carbocycles. The number of rotatable bonds is 4. The van der Waals surface area contributed by atoms with Crippen LogP contribution in [0.25, 0.3) is 10.8 Å². The standard InChI is InChI=1S/C25H35NO/c1-18-14-23(27-22-10-8-21(9-11-22)25(2,3)4)16-20-7-6-19(15-24(18)20)17-26-12-5-13-26/h6-7,14-16,21-22H,5,8-13,17H2,1-4H3. The second-order valence-electron chi connectivity index (χ2n) is 9.88. The number of benzene rings is 2. The summed E-state index contributed by atoms with van der Waals surface area (Å²) in [5.41, 5.74) is 3.19. The summed E-state index contributed by atoms with van der Waals surface area (Å²) < 4.78 is 6.42. The van der Waals surface area contributed by atoms with Crippen LogP contribution in [0.3, 0.4) is 0 Å². The molecule has 2 aliphatic rings. The van der Waals surface area contributed by atoms with Gasteiger partial charge in [-0.2, -0.15) is 0 Å². The van der Waals surface area contributed by atoms with E-state index in [4.69, 9.17) is 4.74 Å². The Bertz CT molecular complexity index is 792. The SMILES string of the molecule is Cc1cc(OC2CCC(C(C)(C)C)CC2)cc2ccc(CN3CCC3)cc12. The fourth-order valence-electron chi connectivity index (χ4n) is 4.76. The number of nitrogens with zero attached hydrogens (tertiary/aromatic N) is 1. The second kappa shape index (κ2) is 7.47. The van der Waals surface area contributed by atoms with Gasteiger partial charge in [0, 0.05) is 6.54 Å². The van der Waals surface area contributed by atoms with Crippen molar-refractivity contribution < 1.29 is 4.74 Å². The van der Waals surface area contributed by atoms with Crippen LogP contribution >= 0.6 is 0 Å². The first-order valence-electron chi connectivity index (χ1n) is 10.8. The van der Waals surface area contributed by atoms with Crippen molar-refractivity contribution >= 4 is 10.8 Å². The summed E-state index contributed by atoms with van der Waals surface area (Å²) in [4.78, 5) is 2.52. The van der Waals surface area contributed by atoms with Crippen molar-refractivity contribution in [3.8, 4) is 5.75 Å². The highest BCUT2D eigenvalue weighted by Gasteiger charge is 2.30. The highest BCUT2D eigenvalue weighted by Crippen LogP contribution is 2.39. The van der Waals surface area contributed by atoms with Crippen LogP contribution in [-0.2, 0) is 6.54 Å². The van der Waals surface area contributed by atoms with Crippen molar-refractivity contribution in [2.75, 3.05) is 13.1 Å². The van der Waals surface area contributed by atoms with Crippen LogP contribution < -0.4 is 4.74 Å². The monoisotopic (exact) mass is 365 g/mol. The van der Waals surface area contributed by atoms with E-state index < -0.39 is 0 Å². The van der Waals surface area contributed by atoms with E-state index in [1.54, 1.807) is 0 Å². The molecule has 0 aromatic heterocycles. The Morgan fingerprint density at radius 2 is 1.74 bits per heavy atom. The molecule has 27 heavy (non-hydrogen) atoms. The van der Waals surface area contributed by atoms with Crippen LogP contribution in [0.2, 0.25) is 0 Å². The summed E-state index contributed by atoms with van der Waals surface area (Å²) in [5, 5.41) is 2.68. The molecule has 0 bridgehead atoms. The van der Waals surface area contributed by atoms with Gasteiger partial charge in [-0.3, -0.25) is 4.90 Å². The zero-order valence-electron chi connectivity index (χ0n) is 17.6. The van der Waals surface area contributed by atoms with Gasteiger partial charge < -0.3 is 4.74 Å². The first-order valence-corrected chi connectivity index (χ1v) is 10.8. The smallest absolute Gasteiger partial charge is 0.120 e. The summed E-state index contributed by atoms with van der Waals surface area (Å²) in [6, 6.07) is 11.4. The van der Waals surface area contributed by atoms with Gasteiger partial charge in [0.05, 0.1) is 6.10 Å². The van der Waals surface area contributed by atoms with E-state index in [9.17, 15) is 0 Å². The summed E-state index contributed by atoms with van der Waals surface area (Å²) in [6.45, 7) is 12.9. The van der Waals surface area contributed by atoms with Crippen molar-refractivity contribution in [1.29, 1.82) is 0 Å². The molecule has 2 fully saturated rings. The highest BCUT2D eigenvalue weighted by atomic mass is 16.5. The Labute approximate surface area is 164 Å². The molecule has 1 saturated carbocycles. The molecule has 0 N–H and O–H groups in total. The minimum atomic E-state index is 0.381. The molecule has 0 spiro atoms. The van der Waals surface area contributed by atoms with Crippen molar-refractivity contribution in [1.82, 2.24) is 4.90 Å². The van der Waals surface area contributed by atoms with E-state index in [1.165, 1.54) is 67.1 Å². The molecule has 2 aromatic rings. The molecular formula is C25H35NO. The molecule has 0 unspecified atom stereocenters. The van der Waals surface area contributed by atoms with E-state index in [-0.39, 0.29) is 0 Å². The third kappa shape index (κ3) is 4.32. The van der Waals surface area contributed by atoms with Gasteiger partial charge in [0.15, 0.2) is 0 Å². The minimum Gasteiger partial charge on any atom is -0.490 e. The van der Waals surface area contributed by atoms with E-state index >= 15 is 0 Å². The number of fused-ring (bicyclic) bond motifs is 1. The number of ether oxygens (including phenoxy) is 1. The van der Waals surface area contributed by atoms with Gasteiger partial charge in [-0.15, -0.1) is 0 Å². The van der Waals surface area contributed by atoms with Crippen LogP contribution in [0, 0.1) is 18.3 Å². The van der Waals surface area contributed by atoms with Crippen LogP contribution in [0.5, 0.6) is 5.75 Å². The Morgan fingerprint density at radius 1 is 1.00 bits per heavy atom. The Balaban J connectivity index is 1.44. The molecule has 4 rings (SSSR count). The fourth-order valence-corrected chi connectivity index (χ4v) is 4.76. The molecule has 1 aliphatic carbocycles. The molecule has 0 radical (unpaired) electrons. The van der Waals surface area contributed by atoms with Gasteiger partial charge in [-0.05, 0) is 104 Å². The maximum Gasteiger partial charge on any atom is 0.120 e. The Kier molecular flexibility index (Phi) is 5.20. The topological polar surface area (TPSA) is 12.5 Å². The van der Waals surface area contributed by atoms with Crippen LogP contribution in [-0.4, -0.2) is 24.1 Å². The van der Waals surface area contributed by atoms with E-state index in [0.717, 1.165) is 18.2 Å². The van der Waals surface area contributed by atoms with Gasteiger partial charge in [0.2, 0.25) is 0 Å².